The third kappa shape index (κ3) is 2.71. The van der Waals surface area contributed by atoms with Crippen molar-refractivity contribution in [3.63, 3.8) is 0 Å². The molecule has 2 aromatic heterocycles. The van der Waals surface area contributed by atoms with E-state index in [1.54, 1.807) is 10.7 Å². The van der Waals surface area contributed by atoms with Crippen LogP contribution in [0.4, 0.5) is 5.13 Å². The fourth-order valence-corrected chi connectivity index (χ4v) is 3.65. The van der Waals surface area contributed by atoms with Crippen LogP contribution >= 0.6 is 22.9 Å². The average Bonchev–Trinajstić information content (AvgIpc) is 3.01. The molecule has 0 saturated heterocycles. The van der Waals surface area contributed by atoms with Crippen LogP contribution in [0, 0.1) is 13.8 Å². The fraction of sp³-hybridized carbons (Fsp3) is 0.267. The largest absolute Gasteiger partial charge is 0.296 e. The van der Waals surface area contributed by atoms with Crippen molar-refractivity contribution < 1.29 is 4.79 Å². The second-order valence-corrected chi connectivity index (χ2v) is 6.50. The molecule has 0 spiro atoms. The van der Waals surface area contributed by atoms with Gasteiger partial charge < -0.3 is 0 Å². The summed E-state index contributed by atoms with van der Waals surface area (Å²) in [6, 6.07) is 5.50. The molecule has 3 aromatic rings. The minimum Gasteiger partial charge on any atom is -0.296 e. The van der Waals surface area contributed by atoms with Crippen LogP contribution in [0.1, 0.15) is 28.7 Å². The van der Waals surface area contributed by atoms with Gasteiger partial charge in [-0.1, -0.05) is 22.9 Å². The number of hydrogen-bond acceptors (Lipinski definition) is 4. The molecule has 0 aliphatic heterocycles. The molecule has 0 atom stereocenters. The summed E-state index contributed by atoms with van der Waals surface area (Å²) in [5.74, 6) is -0.203. The standard InChI is InChI=1S/C15H15ClN4OS/c1-4-20-11(6-9(3)19-20)14(21)18-15-17-13-8(2)5-10(16)7-12(13)22-15/h5-7H,4H2,1-3H3,(H,17,18,21). The maximum Gasteiger partial charge on any atom is 0.275 e. The Hall–Kier alpha value is -1.92. The number of fused-ring (bicyclic) bond motifs is 1. The first-order valence-electron chi connectivity index (χ1n) is 6.90. The van der Waals surface area contributed by atoms with E-state index in [0.29, 0.717) is 22.4 Å². The number of thiazole rings is 1. The molecule has 5 nitrogen and oxygen atoms in total. The highest BCUT2D eigenvalue weighted by Crippen LogP contribution is 2.31. The Bertz CT molecular complexity index is 868. The van der Waals surface area contributed by atoms with E-state index in [1.165, 1.54) is 11.3 Å². The molecule has 0 aliphatic rings. The SMILES string of the molecule is CCn1nc(C)cc1C(=O)Nc1nc2c(C)cc(Cl)cc2s1. The van der Waals surface area contributed by atoms with E-state index in [-0.39, 0.29) is 5.91 Å². The van der Waals surface area contributed by atoms with Crippen LogP contribution in [0.5, 0.6) is 0 Å². The number of rotatable bonds is 3. The lowest BCUT2D eigenvalue weighted by Gasteiger charge is -2.03. The number of nitrogens with zero attached hydrogens (tertiary/aromatic N) is 3. The maximum atomic E-state index is 12.4. The third-order valence-corrected chi connectivity index (χ3v) is 4.44. The lowest BCUT2D eigenvalue weighted by Crippen LogP contribution is -2.17. The Balaban J connectivity index is 1.92. The Labute approximate surface area is 136 Å². The number of aryl methyl sites for hydroxylation is 3. The molecule has 7 heteroatoms. The second kappa shape index (κ2) is 5.70. The Morgan fingerprint density at radius 3 is 2.86 bits per heavy atom. The van der Waals surface area contributed by atoms with Gasteiger partial charge in [-0.05, 0) is 44.5 Å². The van der Waals surface area contributed by atoms with Gasteiger partial charge in [0.15, 0.2) is 5.13 Å². The van der Waals surface area contributed by atoms with Crippen LogP contribution in [0.15, 0.2) is 18.2 Å². The summed E-state index contributed by atoms with van der Waals surface area (Å²) < 4.78 is 2.64. The van der Waals surface area contributed by atoms with Crippen molar-refractivity contribution in [3.05, 3.63) is 40.2 Å². The molecule has 1 amide bonds. The maximum absolute atomic E-state index is 12.4. The number of anilines is 1. The number of amides is 1. The molecule has 0 aliphatic carbocycles. The van der Waals surface area contributed by atoms with Gasteiger partial charge in [0.2, 0.25) is 0 Å². The monoisotopic (exact) mass is 334 g/mol. The second-order valence-electron chi connectivity index (χ2n) is 5.03. The summed E-state index contributed by atoms with van der Waals surface area (Å²) in [4.78, 5) is 16.9. The van der Waals surface area contributed by atoms with Crippen LogP contribution < -0.4 is 5.32 Å². The van der Waals surface area contributed by atoms with Crippen molar-refractivity contribution in [3.8, 4) is 0 Å². The summed E-state index contributed by atoms with van der Waals surface area (Å²) >= 11 is 7.47. The molecule has 1 N–H and O–H groups in total. The quantitative estimate of drug-likeness (QED) is 0.786. The molecule has 2 heterocycles. The molecule has 0 bridgehead atoms. The minimum atomic E-state index is -0.203. The van der Waals surface area contributed by atoms with Crippen LogP contribution in [-0.4, -0.2) is 20.7 Å². The lowest BCUT2D eigenvalue weighted by molar-refractivity contribution is 0.101. The van der Waals surface area contributed by atoms with E-state index in [4.69, 9.17) is 11.6 Å². The van der Waals surface area contributed by atoms with Gasteiger partial charge >= 0.3 is 0 Å². The first-order valence-corrected chi connectivity index (χ1v) is 8.10. The number of halogens is 1. The van der Waals surface area contributed by atoms with Gasteiger partial charge in [-0.3, -0.25) is 14.8 Å². The molecular weight excluding hydrogens is 320 g/mol. The van der Waals surface area contributed by atoms with Gasteiger partial charge in [0.05, 0.1) is 15.9 Å². The van der Waals surface area contributed by atoms with Crippen LogP contribution in [0.3, 0.4) is 0 Å². The van der Waals surface area contributed by atoms with Gasteiger partial charge in [-0.25, -0.2) is 4.98 Å². The average molecular weight is 335 g/mol. The predicted molar refractivity (Wildman–Crippen MR) is 90.0 cm³/mol. The molecule has 22 heavy (non-hydrogen) atoms. The van der Waals surface area contributed by atoms with E-state index in [1.807, 2.05) is 32.9 Å². The molecule has 0 saturated carbocycles. The van der Waals surface area contributed by atoms with Gasteiger partial charge in [0, 0.05) is 11.6 Å². The normalized spacial score (nSPS) is 11.1. The van der Waals surface area contributed by atoms with Crippen molar-refractivity contribution in [2.24, 2.45) is 0 Å². The van der Waals surface area contributed by atoms with E-state index in [0.717, 1.165) is 21.5 Å². The molecule has 0 unspecified atom stereocenters. The zero-order chi connectivity index (χ0) is 15.9. The number of carbonyl (C=O) groups is 1. The molecule has 0 radical (unpaired) electrons. The fourth-order valence-electron chi connectivity index (χ4n) is 2.34. The number of benzene rings is 1. The van der Waals surface area contributed by atoms with E-state index in [9.17, 15) is 4.79 Å². The number of carbonyl (C=O) groups excluding carboxylic acids is 1. The summed E-state index contributed by atoms with van der Waals surface area (Å²) in [7, 11) is 0. The first kappa shape index (κ1) is 15.0. The van der Waals surface area contributed by atoms with Crippen molar-refractivity contribution in [1.29, 1.82) is 0 Å². The lowest BCUT2D eigenvalue weighted by atomic mass is 10.2. The zero-order valence-electron chi connectivity index (χ0n) is 12.5. The van der Waals surface area contributed by atoms with E-state index >= 15 is 0 Å². The predicted octanol–water partition coefficient (Wildman–Crippen LogP) is 4.04. The summed E-state index contributed by atoms with van der Waals surface area (Å²) in [5, 5.41) is 8.36. The van der Waals surface area contributed by atoms with Crippen LogP contribution in [0.2, 0.25) is 5.02 Å². The van der Waals surface area contributed by atoms with Crippen molar-refractivity contribution in [1.82, 2.24) is 14.8 Å². The molecule has 3 rings (SSSR count). The summed E-state index contributed by atoms with van der Waals surface area (Å²) in [6.07, 6.45) is 0. The highest BCUT2D eigenvalue weighted by atomic mass is 35.5. The number of hydrogen-bond donors (Lipinski definition) is 1. The van der Waals surface area contributed by atoms with Gasteiger partial charge in [0.1, 0.15) is 5.69 Å². The highest BCUT2D eigenvalue weighted by molar-refractivity contribution is 7.22. The summed E-state index contributed by atoms with van der Waals surface area (Å²) in [5.41, 5.74) is 3.21. The Morgan fingerprint density at radius 1 is 1.36 bits per heavy atom. The molecule has 114 valence electrons. The molecule has 0 fully saturated rings. The van der Waals surface area contributed by atoms with Crippen molar-refractivity contribution >= 4 is 44.2 Å². The van der Waals surface area contributed by atoms with E-state index < -0.39 is 0 Å². The third-order valence-electron chi connectivity index (χ3n) is 3.31. The Kier molecular flexibility index (Phi) is 3.88. The highest BCUT2D eigenvalue weighted by Gasteiger charge is 2.16. The number of nitrogens with one attached hydrogen (secondary N) is 1. The minimum absolute atomic E-state index is 0.203. The molecule has 1 aromatic carbocycles. The topological polar surface area (TPSA) is 59.8 Å². The van der Waals surface area contributed by atoms with Gasteiger partial charge in [-0.2, -0.15) is 5.10 Å². The van der Waals surface area contributed by atoms with Crippen molar-refractivity contribution in [2.45, 2.75) is 27.3 Å². The van der Waals surface area contributed by atoms with Crippen LogP contribution in [-0.2, 0) is 6.54 Å². The first-order chi connectivity index (χ1) is 10.5. The van der Waals surface area contributed by atoms with E-state index in [2.05, 4.69) is 15.4 Å². The number of aromatic nitrogens is 3. The van der Waals surface area contributed by atoms with Gasteiger partial charge in [-0.15, -0.1) is 0 Å². The zero-order valence-corrected chi connectivity index (χ0v) is 14.0. The Morgan fingerprint density at radius 2 is 2.14 bits per heavy atom. The van der Waals surface area contributed by atoms with Gasteiger partial charge in [0.25, 0.3) is 5.91 Å². The smallest absolute Gasteiger partial charge is 0.275 e. The van der Waals surface area contributed by atoms with Crippen LogP contribution in [0.25, 0.3) is 10.2 Å². The van der Waals surface area contributed by atoms with Crippen molar-refractivity contribution in [2.75, 3.05) is 5.32 Å². The molecular formula is C15H15ClN4OS. The summed E-state index contributed by atoms with van der Waals surface area (Å²) in [6.45, 7) is 6.42.